The summed E-state index contributed by atoms with van der Waals surface area (Å²) in [6, 6.07) is 0.740. The van der Waals surface area contributed by atoms with Crippen molar-refractivity contribution in [3.8, 4) is 0 Å². The average Bonchev–Trinajstić information content (AvgIpc) is 2.19. The van der Waals surface area contributed by atoms with Crippen molar-refractivity contribution in [3.63, 3.8) is 0 Å². The van der Waals surface area contributed by atoms with E-state index in [4.69, 9.17) is 0 Å². The van der Waals surface area contributed by atoms with Crippen LogP contribution in [0.3, 0.4) is 0 Å². The zero-order chi connectivity index (χ0) is 9.10. The molecule has 0 aromatic carbocycles. The van der Waals surface area contributed by atoms with Gasteiger partial charge in [0.25, 0.3) is 0 Å². The lowest BCUT2D eigenvalue weighted by Gasteiger charge is -2.37. The smallest absolute Gasteiger partial charge is 0.0544 e. The standard InChI is InChI=1S/C10H21N3/c1-8-12-6-4-10(13-8)9-3-2-5-11-7-9/h8-13H,2-7H2,1H3. The fraction of sp³-hybridized carbons (Fsp3) is 1.00. The minimum Gasteiger partial charge on any atom is -0.316 e. The van der Waals surface area contributed by atoms with Crippen molar-refractivity contribution < 1.29 is 0 Å². The van der Waals surface area contributed by atoms with Crippen molar-refractivity contribution in [1.82, 2.24) is 16.0 Å². The summed E-state index contributed by atoms with van der Waals surface area (Å²) in [4.78, 5) is 0. The molecule has 2 heterocycles. The Bertz CT molecular complexity index is 154. The van der Waals surface area contributed by atoms with Gasteiger partial charge < -0.3 is 10.6 Å². The van der Waals surface area contributed by atoms with Crippen molar-refractivity contribution in [2.24, 2.45) is 5.92 Å². The highest BCUT2D eigenvalue weighted by atomic mass is 15.2. The summed E-state index contributed by atoms with van der Waals surface area (Å²) in [5.41, 5.74) is 0. The molecule has 3 heteroatoms. The normalized spacial score (nSPS) is 41.8. The highest BCUT2D eigenvalue weighted by molar-refractivity contribution is 4.86. The van der Waals surface area contributed by atoms with Crippen LogP contribution in [0.4, 0.5) is 0 Å². The molecule has 2 aliphatic heterocycles. The molecule has 0 aromatic heterocycles. The van der Waals surface area contributed by atoms with Crippen LogP contribution in [0.25, 0.3) is 0 Å². The number of rotatable bonds is 1. The van der Waals surface area contributed by atoms with E-state index in [0.29, 0.717) is 6.17 Å². The highest BCUT2D eigenvalue weighted by Gasteiger charge is 2.26. The molecule has 76 valence electrons. The van der Waals surface area contributed by atoms with Gasteiger partial charge in [-0.3, -0.25) is 5.32 Å². The molecule has 0 spiro atoms. The van der Waals surface area contributed by atoms with Crippen LogP contribution in [0.15, 0.2) is 0 Å². The maximum absolute atomic E-state index is 3.63. The van der Waals surface area contributed by atoms with Gasteiger partial charge in [-0.25, -0.2) is 0 Å². The molecule has 3 atom stereocenters. The highest BCUT2D eigenvalue weighted by Crippen LogP contribution is 2.18. The van der Waals surface area contributed by atoms with Crippen LogP contribution in [0.1, 0.15) is 26.2 Å². The van der Waals surface area contributed by atoms with Crippen molar-refractivity contribution in [2.75, 3.05) is 19.6 Å². The van der Waals surface area contributed by atoms with Crippen molar-refractivity contribution in [2.45, 2.75) is 38.4 Å². The molecule has 3 N–H and O–H groups in total. The summed E-state index contributed by atoms with van der Waals surface area (Å²) in [6.45, 7) is 5.82. The van der Waals surface area contributed by atoms with Gasteiger partial charge in [-0.2, -0.15) is 0 Å². The minimum absolute atomic E-state index is 0.501. The molecule has 2 saturated heterocycles. The largest absolute Gasteiger partial charge is 0.316 e. The molecule has 3 unspecified atom stereocenters. The molecule has 2 aliphatic rings. The van der Waals surface area contributed by atoms with E-state index in [1.165, 1.54) is 38.9 Å². The molecule has 0 bridgehead atoms. The van der Waals surface area contributed by atoms with E-state index in [0.717, 1.165) is 12.0 Å². The average molecular weight is 183 g/mol. The van der Waals surface area contributed by atoms with Gasteiger partial charge in [0.15, 0.2) is 0 Å². The lowest BCUT2D eigenvalue weighted by molar-refractivity contribution is 0.213. The van der Waals surface area contributed by atoms with Crippen LogP contribution in [-0.4, -0.2) is 31.8 Å². The third kappa shape index (κ3) is 2.42. The van der Waals surface area contributed by atoms with Gasteiger partial charge >= 0.3 is 0 Å². The first-order chi connectivity index (χ1) is 6.36. The molecule has 0 amide bonds. The number of hydrogen-bond acceptors (Lipinski definition) is 3. The van der Waals surface area contributed by atoms with Gasteiger partial charge in [-0.05, 0) is 51.7 Å². The molecular weight excluding hydrogens is 162 g/mol. The Balaban J connectivity index is 1.83. The Hall–Kier alpha value is -0.120. The Morgan fingerprint density at radius 2 is 2.08 bits per heavy atom. The molecule has 3 nitrogen and oxygen atoms in total. The zero-order valence-corrected chi connectivity index (χ0v) is 8.47. The van der Waals surface area contributed by atoms with Crippen LogP contribution < -0.4 is 16.0 Å². The Morgan fingerprint density at radius 3 is 2.77 bits per heavy atom. The fourth-order valence-electron chi connectivity index (χ4n) is 2.51. The van der Waals surface area contributed by atoms with E-state index in [1.807, 2.05) is 0 Å². The predicted octanol–water partition coefficient (Wildman–Crippen LogP) is 0.284. The maximum atomic E-state index is 3.63. The van der Waals surface area contributed by atoms with Crippen LogP contribution in [0, 0.1) is 5.92 Å². The monoisotopic (exact) mass is 183 g/mol. The second kappa shape index (κ2) is 4.40. The molecule has 0 aromatic rings. The summed E-state index contributed by atoms with van der Waals surface area (Å²) in [6.07, 6.45) is 4.54. The summed E-state index contributed by atoms with van der Waals surface area (Å²) in [5, 5.41) is 10.5. The van der Waals surface area contributed by atoms with Gasteiger partial charge in [-0.15, -0.1) is 0 Å². The summed E-state index contributed by atoms with van der Waals surface area (Å²) >= 11 is 0. The lowest BCUT2D eigenvalue weighted by atomic mass is 9.88. The Labute approximate surface area is 80.7 Å². The Morgan fingerprint density at radius 1 is 1.15 bits per heavy atom. The van der Waals surface area contributed by atoms with Crippen molar-refractivity contribution >= 4 is 0 Å². The van der Waals surface area contributed by atoms with Crippen molar-refractivity contribution in [1.29, 1.82) is 0 Å². The molecule has 0 radical (unpaired) electrons. The van der Waals surface area contributed by atoms with Gasteiger partial charge in [0.2, 0.25) is 0 Å². The first-order valence-corrected chi connectivity index (χ1v) is 5.56. The zero-order valence-electron chi connectivity index (χ0n) is 8.47. The van der Waals surface area contributed by atoms with E-state index in [9.17, 15) is 0 Å². The van der Waals surface area contributed by atoms with E-state index in [2.05, 4.69) is 22.9 Å². The lowest BCUT2D eigenvalue weighted by Crippen LogP contribution is -2.56. The SMILES string of the molecule is CC1NCCC(C2CCCNC2)N1. The Kier molecular flexibility index (Phi) is 3.19. The fourth-order valence-corrected chi connectivity index (χ4v) is 2.51. The maximum Gasteiger partial charge on any atom is 0.0544 e. The third-order valence-electron chi connectivity index (χ3n) is 3.27. The van der Waals surface area contributed by atoms with Gasteiger partial charge in [0.05, 0.1) is 6.17 Å². The summed E-state index contributed by atoms with van der Waals surface area (Å²) in [7, 11) is 0. The summed E-state index contributed by atoms with van der Waals surface area (Å²) < 4.78 is 0. The second-order valence-electron chi connectivity index (χ2n) is 4.34. The number of hydrogen-bond donors (Lipinski definition) is 3. The first kappa shape index (κ1) is 9.44. The van der Waals surface area contributed by atoms with Crippen LogP contribution in [-0.2, 0) is 0 Å². The minimum atomic E-state index is 0.501. The quantitative estimate of drug-likeness (QED) is 0.546. The van der Waals surface area contributed by atoms with E-state index in [-0.39, 0.29) is 0 Å². The van der Waals surface area contributed by atoms with Crippen LogP contribution in [0.2, 0.25) is 0 Å². The van der Waals surface area contributed by atoms with Crippen molar-refractivity contribution in [3.05, 3.63) is 0 Å². The molecule has 2 fully saturated rings. The van der Waals surface area contributed by atoms with E-state index < -0.39 is 0 Å². The molecule has 0 saturated carbocycles. The van der Waals surface area contributed by atoms with Gasteiger partial charge in [0, 0.05) is 6.04 Å². The second-order valence-corrected chi connectivity index (χ2v) is 4.34. The van der Waals surface area contributed by atoms with E-state index in [1.54, 1.807) is 0 Å². The molecule has 2 rings (SSSR count). The van der Waals surface area contributed by atoms with E-state index >= 15 is 0 Å². The summed E-state index contributed by atoms with van der Waals surface area (Å²) in [5.74, 6) is 0.860. The van der Waals surface area contributed by atoms with Gasteiger partial charge in [-0.1, -0.05) is 0 Å². The topological polar surface area (TPSA) is 36.1 Å². The third-order valence-corrected chi connectivity index (χ3v) is 3.27. The molecule has 13 heavy (non-hydrogen) atoms. The molecular formula is C10H21N3. The molecule has 0 aliphatic carbocycles. The van der Waals surface area contributed by atoms with Crippen LogP contribution in [0.5, 0.6) is 0 Å². The number of nitrogens with one attached hydrogen (secondary N) is 3. The number of piperidine rings is 1. The van der Waals surface area contributed by atoms with Gasteiger partial charge in [0.1, 0.15) is 0 Å². The van der Waals surface area contributed by atoms with Crippen LogP contribution >= 0.6 is 0 Å². The first-order valence-electron chi connectivity index (χ1n) is 5.56. The predicted molar refractivity (Wildman–Crippen MR) is 54.6 cm³/mol.